The van der Waals surface area contributed by atoms with Gasteiger partial charge in [0.1, 0.15) is 11.6 Å². The molecule has 1 amide bonds. The quantitative estimate of drug-likeness (QED) is 0.670. The largest absolute Gasteiger partial charge is 0.484 e. The Morgan fingerprint density at radius 1 is 1.34 bits per heavy atom. The standard InChI is InChI=1S/C21H20ClFN4O2/c1-13-6-18-17(24-4-5-27(18)26-13)8-20-10-21(11-20,12-20)25-19(28)9-29-14-2-3-15(22)16(23)7-14/h2-7H,8-12H2,1H3,(H,25,28). The van der Waals surface area contributed by atoms with Crippen LogP contribution in [0.3, 0.4) is 0 Å². The highest BCUT2D eigenvalue weighted by atomic mass is 35.5. The molecule has 3 fully saturated rings. The van der Waals surface area contributed by atoms with Crippen LogP contribution in [0.1, 0.15) is 30.7 Å². The van der Waals surface area contributed by atoms with E-state index >= 15 is 0 Å². The molecule has 6 nitrogen and oxygen atoms in total. The number of hydrogen-bond acceptors (Lipinski definition) is 4. The summed E-state index contributed by atoms with van der Waals surface area (Å²) < 4.78 is 20.7. The minimum atomic E-state index is -0.567. The Morgan fingerprint density at radius 3 is 2.90 bits per heavy atom. The van der Waals surface area contributed by atoms with Gasteiger partial charge in [-0.1, -0.05) is 11.6 Å². The molecule has 0 aliphatic heterocycles. The summed E-state index contributed by atoms with van der Waals surface area (Å²) in [5.74, 6) is -0.477. The summed E-state index contributed by atoms with van der Waals surface area (Å²) in [7, 11) is 0. The van der Waals surface area contributed by atoms with Crippen molar-refractivity contribution in [2.24, 2.45) is 5.41 Å². The van der Waals surface area contributed by atoms with Crippen LogP contribution < -0.4 is 10.1 Å². The lowest BCUT2D eigenvalue weighted by atomic mass is 9.38. The summed E-state index contributed by atoms with van der Waals surface area (Å²) in [4.78, 5) is 16.8. The third kappa shape index (κ3) is 3.23. The second-order valence-electron chi connectivity index (χ2n) is 8.39. The molecule has 0 spiro atoms. The number of aromatic nitrogens is 3. The van der Waals surface area contributed by atoms with E-state index in [4.69, 9.17) is 16.3 Å². The number of ether oxygens (including phenoxy) is 1. The summed E-state index contributed by atoms with van der Waals surface area (Å²) >= 11 is 5.65. The minimum Gasteiger partial charge on any atom is -0.484 e. The molecule has 8 heteroatoms. The fourth-order valence-corrected chi connectivity index (χ4v) is 5.07. The van der Waals surface area contributed by atoms with Gasteiger partial charge in [0, 0.05) is 24.0 Å². The number of rotatable bonds is 6. The van der Waals surface area contributed by atoms with Crippen molar-refractivity contribution in [1.29, 1.82) is 0 Å². The third-order valence-corrected chi connectivity index (χ3v) is 6.25. The third-order valence-electron chi connectivity index (χ3n) is 5.94. The molecule has 0 radical (unpaired) electrons. The molecule has 1 aromatic carbocycles. The first-order valence-electron chi connectivity index (χ1n) is 9.54. The highest BCUT2D eigenvalue weighted by molar-refractivity contribution is 6.30. The molecule has 2 aromatic heterocycles. The summed E-state index contributed by atoms with van der Waals surface area (Å²) in [6.45, 7) is 1.83. The van der Waals surface area contributed by atoms with Gasteiger partial charge in [0.2, 0.25) is 0 Å². The van der Waals surface area contributed by atoms with Gasteiger partial charge in [-0.15, -0.1) is 0 Å². The first kappa shape index (κ1) is 18.4. The van der Waals surface area contributed by atoms with Crippen LogP contribution in [0, 0.1) is 18.2 Å². The number of hydrogen-bond donors (Lipinski definition) is 1. The van der Waals surface area contributed by atoms with Crippen molar-refractivity contribution < 1.29 is 13.9 Å². The van der Waals surface area contributed by atoms with E-state index in [1.807, 2.05) is 17.6 Å². The van der Waals surface area contributed by atoms with Crippen LogP contribution >= 0.6 is 11.6 Å². The molecule has 2 bridgehead atoms. The van der Waals surface area contributed by atoms with Crippen molar-refractivity contribution in [2.75, 3.05) is 6.61 Å². The number of aryl methyl sites for hydroxylation is 1. The molecule has 1 N–H and O–H groups in total. The molecule has 6 rings (SSSR count). The number of benzene rings is 1. The smallest absolute Gasteiger partial charge is 0.258 e. The average molecular weight is 415 g/mol. The van der Waals surface area contributed by atoms with Gasteiger partial charge in [0.25, 0.3) is 5.91 Å². The van der Waals surface area contributed by atoms with E-state index in [9.17, 15) is 9.18 Å². The Hall–Kier alpha value is -2.67. The predicted molar refractivity (Wildman–Crippen MR) is 105 cm³/mol. The Bertz CT molecular complexity index is 1110. The maximum absolute atomic E-state index is 13.4. The number of fused-ring (bicyclic) bond motifs is 1. The van der Waals surface area contributed by atoms with Crippen molar-refractivity contribution in [3.63, 3.8) is 0 Å². The highest BCUT2D eigenvalue weighted by Crippen LogP contribution is 2.68. The molecule has 3 aromatic rings. The van der Waals surface area contributed by atoms with Gasteiger partial charge < -0.3 is 10.1 Å². The first-order valence-corrected chi connectivity index (χ1v) is 9.92. The molecular weight excluding hydrogens is 395 g/mol. The monoisotopic (exact) mass is 414 g/mol. The molecule has 0 unspecified atom stereocenters. The molecule has 150 valence electrons. The van der Waals surface area contributed by atoms with Crippen LogP contribution in [0.2, 0.25) is 5.02 Å². The summed E-state index contributed by atoms with van der Waals surface area (Å²) in [5.41, 5.74) is 3.16. The molecule has 29 heavy (non-hydrogen) atoms. The van der Waals surface area contributed by atoms with Gasteiger partial charge >= 0.3 is 0 Å². The molecule has 3 aliphatic carbocycles. The Kier molecular flexibility index (Phi) is 4.07. The second kappa shape index (κ2) is 6.42. The molecule has 2 heterocycles. The second-order valence-corrected chi connectivity index (χ2v) is 8.80. The number of carbonyl (C=O) groups excluding carboxylic acids is 1. The van der Waals surface area contributed by atoms with Gasteiger partial charge in [-0.3, -0.25) is 9.78 Å². The SMILES string of the molecule is Cc1cc2c(CC34CC(NC(=O)COc5ccc(Cl)c(F)c5)(C3)C4)nccn2n1. The lowest BCUT2D eigenvalue weighted by Crippen LogP contribution is -2.75. The van der Waals surface area contributed by atoms with Crippen molar-refractivity contribution in [3.05, 3.63) is 58.9 Å². The van der Waals surface area contributed by atoms with Gasteiger partial charge in [-0.2, -0.15) is 5.10 Å². The van der Waals surface area contributed by atoms with E-state index in [0.717, 1.165) is 42.6 Å². The molecular formula is C21H20ClFN4O2. The van der Waals surface area contributed by atoms with Crippen molar-refractivity contribution >= 4 is 23.0 Å². The predicted octanol–water partition coefficient (Wildman–Crippen LogP) is 3.49. The van der Waals surface area contributed by atoms with Crippen LogP contribution in [-0.2, 0) is 11.2 Å². The fraction of sp³-hybridized carbons (Fsp3) is 0.381. The molecule has 3 saturated carbocycles. The number of amides is 1. The summed E-state index contributed by atoms with van der Waals surface area (Å²) in [6, 6.07) is 6.19. The molecule has 0 atom stereocenters. The van der Waals surface area contributed by atoms with E-state index < -0.39 is 5.82 Å². The lowest BCUT2D eigenvalue weighted by molar-refractivity contribution is -0.166. The normalized spacial score (nSPS) is 24.7. The number of nitrogens with one attached hydrogen (secondary N) is 1. The van der Waals surface area contributed by atoms with Crippen LogP contribution in [0.5, 0.6) is 5.75 Å². The Balaban J connectivity index is 1.16. The van der Waals surface area contributed by atoms with E-state index in [0.29, 0.717) is 0 Å². The van der Waals surface area contributed by atoms with Crippen molar-refractivity contribution in [3.8, 4) is 5.75 Å². The molecule has 0 saturated heterocycles. The number of carbonyl (C=O) groups is 1. The van der Waals surface area contributed by atoms with Crippen LogP contribution in [0.4, 0.5) is 4.39 Å². The van der Waals surface area contributed by atoms with E-state index in [2.05, 4.69) is 21.5 Å². The first-order chi connectivity index (χ1) is 13.9. The van der Waals surface area contributed by atoms with Crippen molar-refractivity contribution in [1.82, 2.24) is 19.9 Å². The van der Waals surface area contributed by atoms with E-state index in [1.54, 1.807) is 12.3 Å². The summed E-state index contributed by atoms with van der Waals surface area (Å²) in [6.07, 6.45) is 7.36. The van der Waals surface area contributed by atoms with Gasteiger partial charge in [-0.25, -0.2) is 8.91 Å². The fourth-order valence-electron chi connectivity index (χ4n) is 4.96. The average Bonchev–Trinajstić information content (AvgIpc) is 3.01. The zero-order valence-corrected chi connectivity index (χ0v) is 16.7. The lowest BCUT2D eigenvalue weighted by Gasteiger charge is -2.70. The van der Waals surface area contributed by atoms with Gasteiger partial charge in [0.05, 0.1) is 21.9 Å². The molecule has 3 aliphatic rings. The topological polar surface area (TPSA) is 68.5 Å². The highest BCUT2D eigenvalue weighted by Gasteiger charge is 2.68. The van der Waals surface area contributed by atoms with Crippen LogP contribution in [0.25, 0.3) is 5.52 Å². The van der Waals surface area contributed by atoms with E-state index in [-0.39, 0.29) is 34.2 Å². The van der Waals surface area contributed by atoms with Gasteiger partial charge in [-0.05, 0) is 56.2 Å². The Labute approximate surface area is 172 Å². The maximum Gasteiger partial charge on any atom is 0.258 e. The van der Waals surface area contributed by atoms with E-state index in [1.165, 1.54) is 12.1 Å². The van der Waals surface area contributed by atoms with Crippen LogP contribution in [0.15, 0.2) is 36.7 Å². The zero-order chi connectivity index (χ0) is 20.2. The Morgan fingerprint density at radius 2 is 2.14 bits per heavy atom. The summed E-state index contributed by atoms with van der Waals surface area (Å²) in [5, 5.41) is 7.55. The van der Waals surface area contributed by atoms with Gasteiger partial charge in [0.15, 0.2) is 6.61 Å². The minimum absolute atomic E-state index is 0.0252. The zero-order valence-electron chi connectivity index (χ0n) is 15.9. The van der Waals surface area contributed by atoms with Crippen molar-refractivity contribution in [2.45, 2.75) is 38.1 Å². The number of nitrogens with zero attached hydrogens (tertiary/aromatic N) is 3. The maximum atomic E-state index is 13.4. The van der Waals surface area contributed by atoms with Crippen LogP contribution in [-0.4, -0.2) is 32.7 Å². The number of halogens is 2.